The summed E-state index contributed by atoms with van der Waals surface area (Å²) in [6.07, 6.45) is 0. The Labute approximate surface area is 121 Å². The van der Waals surface area contributed by atoms with E-state index < -0.39 is 0 Å². The normalized spacial score (nSPS) is 0. The number of rotatable bonds is 0. The van der Waals surface area contributed by atoms with Crippen LogP contribution in [0.25, 0.3) is 0 Å². The van der Waals surface area contributed by atoms with E-state index in [1.807, 2.05) is 0 Å². The minimum Gasteiger partial charge on any atom is -1.00 e. The Hall–Kier alpha value is 3.83. The molecular weight excluding hydrogens is 275 g/mol. The molecular formula is HCrCuKMnZn. The fourth-order valence-corrected chi connectivity index (χ4v) is 0. The second kappa shape index (κ2) is 24.9. The second-order valence-corrected chi connectivity index (χ2v) is 0. The summed E-state index contributed by atoms with van der Waals surface area (Å²) in [5, 5.41) is 0. The molecule has 0 rings (SSSR count). The van der Waals surface area contributed by atoms with Crippen LogP contribution < -0.4 is 51.4 Å². The molecule has 0 aliphatic rings. The van der Waals surface area contributed by atoms with Gasteiger partial charge in [0.1, 0.15) is 0 Å². The van der Waals surface area contributed by atoms with Gasteiger partial charge in [-0.25, -0.2) is 0 Å². The molecule has 0 bridgehead atoms. The predicted molar refractivity (Wildman–Crippen MR) is 1.11 cm³/mol. The van der Waals surface area contributed by atoms with Crippen molar-refractivity contribution in [3.05, 3.63) is 0 Å². The van der Waals surface area contributed by atoms with Crippen LogP contribution in [0, 0.1) is 0 Å². The smallest absolute Gasteiger partial charge is 1.00 e. The first-order chi connectivity index (χ1) is 0. The molecule has 0 unspecified atom stereocenters. The van der Waals surface area contributed by atoms with Crippen LogP contribution in [0.1, 0.15) is 1.43 Å². The fourth-order valence-electron chi connectivity index (χ4n) is 0. The van der Waals surface area contributed by atoms with Crippen LogP contribution >= 0.6 is 0 Å². The molecule has 0 saturated carbocycles. The monoisotopic (exact) mass is 274 g/mol. The average molecular weight is 276 g/mol. The third-order valence-electron chi connectivity index (χ3n) is 0. The van der Waals surface area contributed by atoms with Gasteiger partial charge in [0, 0.05) is 71.0 Å². The van der Waals surface area contributed by atoms with Gasteiger partial charge in [0.2, 0.25) is 0 Å². The van der Waals surface area contributed by atoms with E-state index in [0.29, 0.717) is 0 Å². The summed E-state index contributed by atoms with van der Waals surface area (Å²) >= 11 is 0. The van der Waals surface area contributed by atoms with Crippen molar-refractivity contribution >= 4 is 0 Å². The quantitative estimate of drug-likeness (QED) is 0.417. The molecule has 0 heterocycles. The zero-order valence-electron chi connectivity index (χ0n) is 3.79. The van der Waals surface area contributed by atoms with Crippen LogP contribution in [0.2, 0.25) is 0 Å². The van der Waals surface area contributed by atoms with Crippen LogP contribution in [0.5, 0.6) is 0 Å². The fraction of sp³-hybridized carbons (Fsp3) is 0. The van der Waals surface area contributed by atoms with Gasteiger partial charge in [-0.1, -0.05) is 0 Å². The Morgan fingerprint density at radius 2 is 1.20 bits per heavy atom. The first-order valence-electron chi connectivity index (χ1n) is 0. The van der Waals surface area contributed by atoms with Gasteiger partial charge in [-0.05, 0) is 0 Å². The summed E-state index contributed by atoms with van der Waals surface area (Å²) in [6, 6.07) is 0. The van der Waals surface area contributed by atoms with E-state index in [0.717, 1.165) is 0 Å². The summed E-state index contributed by atoms with van der Waals surface area (Å²) in [5.74, 6) is 0. The third kappa shape index (κ3) is 18.1. The standard InChI is InChI=1S/Cr.Cu.K.Mn.Zn.H/q;;+1;;;-1. The second-order valence-electron chi connectivity index (χ2n) is 0. The van der Waals surface area contributed by atoms with Crippen molar-refractivity contribution in [2.24, 2.45) is 0 Å². The van der Waals surface area contributed by atoms with Gasteiger partial charge in [-0.2, -0.15) is 0 Å². The minimum absolute atomic E-state index is 0. The van der Waals surface area contributed by atoms with Crippen molar-refractivity contribution in [1.29, 1.82) is 0 Å². The molecule has 0 aliphatic carbocycles. The minimum atomic E-state index is 0. The molecule has 0 saturated heterocycles. The molecule has 0 atom stereocenters. The number of hydrogen-bond acceptors (Lipinski definition) is 0. The average Bonchev–Trinajstić information content (AvgIpc) is 0. The van der Waals surface area contributed by atoms with Crippen molar-refractivity contribution in [3.63, 3.8) is 0 Å². The van der Waals surface area contributed by atoms with Crippen molar-refractivity contribution in [1.82, 2.24) is 0 Å². The van der Waals surface area contributed by atoms with Gasteiger partial charge in [0.15, 0.2) is 0 Å². The molecule has 0 aromatic carbocycles. The molecule has 0 spiro atoms. The molecule has 0 nitrogen and oxygen atoms in total. The molecule has 5 heavy (non-hydrogen) atoms. The van der Waals surface area contributed by atoms with Crippen LogP contribution in [0.4, 0.5) is 0 Å². The van der Waals surface area contributed by atoms with E-state index in [1.165, 1.54) is 0 Å². The molecule has 0 N–H and O–H groups in total. The Balaban J connectivity index is 0. The molecule has 28 valence electrons. The van der Waals surface area contributed by atoms with Crippen molar-refractivity contribution in [2.45, 2.75) is 0 Å². The SMILES string of the molecule is [Cr].[Cu].[H-].[K+].[Mn].[Zn]. The zero-order chi connectivity index (χ0) is 0. The van der Waals surface area contributed by atoms with Crippen molar-refractivity contribution in [3.8, 4) is 0 Å². The summed E-state index contributed by atoms with van der Waals surface area (Å²) in [6.45, 7) is 0. The molecule has 0 amide bonds. The van der Waals surface area contributed by atoms with E-state index in [1.54, 1.807) is 0 Å². The van der Waals surface area contributed by atoms with Gasteiger partial charge in [-0.3, -0.25) is 0 Å². The Kier molecular flexibility index (Phi) is 184. The summed E-state index contributed by atoms with van der Waals surface area (Å²) in [7, 11) is 0. The molecule has 0 fully saturated rings. The molecule has 0 aromatic rings. The van der Waals surface area contributed by atoms with E-state index >= 15 is 0 Å². The molecule has 0 aliphatic heterocycles. The zero-order valence-corrected chi connectivity index (χ0v) is 12.3. The maximum Gasteiger partial charge on any atom is 1.00 e. The van der Waals surface area contributed by atoms with E-state index in [4.69, 9.17) is 0 Å². The van der Waals surface area contributed by atoms with Gasteiger partial charge >= 0.3 is 51.4 Å². The van der Waals surface area contributed by atoms with Crippen LogP contribution in [-0.2, 0) is 71.0 Å². The molecule has 5 heteroatoms. The van der Waals surface area contributed by atoms with Crippen molar-refractivity contribution in [2.75, 3.05) is 0 Å². The molecule has 0 aromatic heterocycles. The van der Waals surface area contributed by atoms with E-state index in [9.17, 15) is 0 Å². The Bertz CT molecular complexity index is 15.5. The van der Waals surface area contributed by atoms with Crippen molar-refractivity contribution < 1.29 is 124 Å². The van der Waals surface area contributed by atoms with Crippen LogP contribution in [0.15, 0.2) is 0 Å². The Morgan fingerprint density at radius 3 is 1.20 bits per heavy atom. The maximum absolute atomic E-state index is 0. The van der Waals surface area contributed by atoms with Gasteiger partial charge in [-0.15, -0.1) is 0 Å². The predicted octanol–water partition coefficient (Wildman–Crippen LogP) is -2.89. The van der Waals surface area contributed by atoms with E-state index in [-0.39, 0.29) is 124 Å². The largest absolute Gasteiger partial charge is 1.00 e. The van der Waals surface area contributed by atoms with Gasteiger partial charge in [0.05, 0.1) is 0 Å². The Morgan fingerprint density at radius 1 is 1.20 bits per heavy atom. The van der Waals surface area contributed by atoms with Gasteiger partial charge in [0.25, 0.3) is 0 Å². The summed E-state index contributed by atoms with van der Waals surface area (Å²) in [5.41, 5.74) is 0. The van der Waals surface area contributed by atoms with Gasteiger partial charge < -0.3 is 1.43 Å². The van der Waals surface area contributed by atoms with E-state index in [2.05, 4.69) is 0 Å². The first-order valence-corrected chi connectivity index (χ1v) is 0. The third-order valence-corrected chi connectivity index (χ3v) is 0. The maximum atomic E-state index is 0. The number of hydrogen-bond donors (Lipinski definition) is 0. The topological polar surface area (TPSA) is 0 Å². The summed E-state index contributed by atoms with van der Waals surface area (Å²) in [4.78, 5) is 0. The molecule has 2 radical (unpaired) electrons. The van der Waals surface area contributed by atoms with Crippen LogP contribution in [0.3, 0.4) is 0 Å². The summed E-state index contributed by atoms with van der Waals surface area (Å²) < 4.78 is 0. The van der Waals surface area contributed by atoms with Crippen LogP contribution in [-0.4, -0.2) is 0 Å². The first kappa shape index (κ1) is 36.9.